The van der Waals surface area contributed by atoms with Gasteiger partial charge in [-0.1, -0.05) is 0 Å². The van der Waals surface area contributed by atoms with Crippen LogP contribution in [0.25, 0.3) is 0 Å². The van der Waals surface area contributed by atoms with E-state index in [1.54, 1.807) is 36.2 Å². The molecule has 0 saturated heterocycles. The van der Waals surface area contributed by atoms with Gasteiger partial charge in [0, 0.05) is 24.4 Å². The zero-order valence-corrected chi connectivity index (χ0v) is 10.5. The first-order valence-corrected chi connectivity index (χ1v) is 5.61. The van der Waals surface area contributed by atoms with Gasteiger partial charge in [0.15, 0.2) is 0 Å². The van der Waals surface area contributed by atoms with Gasteiger partial charge >= 0.3 is 0 Å². The van der Waals surface area contributed by atoms with Gasteiger partial charge in [-0.2, -0.15) is 5.10 Å². The van der Waals surface area contributed by atoms with Gasteiger partial charge in [-0.15, -0.1) is 0 Å². The fourth-order valence-electron chi connectivity index (χ4n) is 1.65. The van der Waals surface area contributed by atoms with Crippen LogP contribution in [0.15, 0.2) is 30.6 Å². The number of nitrogens with zero attached hydrogens (tertiary/aromatic N) is 2. The van der Waals surface area contributed by atoms with Crippen molar-refractivity contribution >= 4 is 0 Å². The molecule has 0 amide bonds. The highest BCUT2D eigenvalue weighted by molar-refractivity contribution is 5.40. The monoisotopic (exact) mass is 248 g/mol. The molecule has 0 unspecified atom stereocenters. The standard InChI is InChI=1S/C13H16N2O3/c1-15-7-10(6-14-15)9-18-13-4-3-12(17-2)5-11(13)8-16/h3-7,16H,8-9H2,1-2H3. The largest absolute Gasteiger partial charge is 0.497 e. The molecular formula is C13H16N2O3. The van der Waals surface area contributed by atoms with E-state index in [1.165, 1.54) is 0 Å². The summed E-state index contributed by atoms with van der Waals surface area (Å²) in [5.41, 5.74) is 1.69. The average molecular weight is 248 g/mol. The van der Waals surface area contributed by atoms with Gasteiger partial charge in [-0.05, 0) is 18.2 Å². The first-order chi connectivity index (χ1) is 8.72. The number of ether oxygens (including phenoxy) is 2. The molecule has 0 bridgehead atoms. The summed E-state index contributed by atoms with van der Waals surface area (Å²) in [5, 5.41) is 13.4. The van der Waals surface area contributed by atoms with Gasteiger partial charge in [0.25, 0.3) is 0 Å². The number of aromatic nitrogens is 2. The van der Waals surface area contributed by atoms with E-state index in [9.17, 15) is 5.11 Å². The zero-order valence-electron chi connectivity index (χ0n) is 10.5. The van der Waals surface area contributed by atoms with Crippen molar-refractivity contribution in [3.63, 3.8) is 0 Å². The maximum absolute atomic E-state index is 9.29. The van der Waals surface area contributed by atoms with E-state index >= 15 is 0 Å². The molecule has 2 aromatic rings. The maximum Gasteiger partial charge on any atom is 0.125 e. The Morgan fingerprint density at radius 2 is 2.22 bits per heavy atom. The lowest BCUT2D eigenvalue weighted by molar-refractivity contribution is 0.258. The molecule has 0 spiro atoms. The molecule has 0 aliphatic carbocycles. The van der Waals surface area contributed by atoms with Crippen LogP contribution in [-0.4, -0.2) is 22.0 Å². The van der Waals surface area contributed by atoms with Crippen molar-refractivity contribution < 1.29 is 14.6 Å². The van der Waals surface area contributed by atoms with E-state index in [0.717, 1.165) is 5.56 Å². The van der Waals surface area contributed by atoms with E-state index in [1.807, 2.05) is 13.2 Å². The first kappa shape index (κ1) is 12.4. The van der Waals surface area contributed by atoms with Crippen LogP contribution in [-0.2, 0) is 20.3 Å². The molecule has 2 rings (SSSR count). The number of aryl methyl sites for hydroxylation is 1. The smallest absolute Gasteiger partial charge is 0.125 e. The summed E-state index contributed by atoms with van der Waals surface area (Å²) in [7, 11) is 3.45. The van der Waals surface area contributed by atoms with Crippen molar-refractivity contribution in [2.75, 3.05) is 7.11 Å². The quantitative estimate of drug-likeness (QED) is 0.871. The second-order valence-electron chi connectivity index (χ2n) is 3.94. The molecule has 5 nitrogen and oxygen atoms in total. The molecule has 0 aliphatic heterocycles. The molecule has 1 N–H and O–H groups in total. The summed E-state index contributed by atoms with van der Waals surface area (Å²) in [6, 6.07) is 5.36. The normalized spacial score (nSPS) is 10.4. The Bertz CT molecular complexity index is 523. The number of aliphatic hydroxyl groups excluding tert-OH is 1. The molecule has 0 fully saturated rings. The van der Waals surface area contributed by atoms with Crippen molar-refractivity contribution in [3.8, 4) is 11.5 Å². The molecule has 1 heterocycles. The van der Waals surface area contributed by atoms with Crippen LogP contribution in [0.2, 0.25) is 0 Å². The molecular weight excluding hydrogens is 232 g/mol. The van der Waals surface area contributed by atoms with Crippen LogP contribution in [0.4, 0.5) is 0 Å². The maximum atomic E-state index is 9.29. The molecule has 0 saturated carbocycles. The number of hydrogen-bond acceptors (Lipinski definition) is 4. The lowest BCUT2D eigenvalue weighted by Gasteiger charge is -2.10. The third kappa shape index (κ3) is 2.81. The second-order valence-corrected chi connectivity index (χ2v) is 3.94. The Hall–Kier alpha value is -2.01. The minimum atomic E-state index is -0.0838. The van der Waals surface area contributed by atoms with Crippen molar-refractivity contribution in [3.05, 3.63) is 41.7 Å². The minimum Gasteiger partial charge on any atom is -0.497 e. The van der Waals surface area contributed by atoms with Crippen molar-refractivity contribution in [1.29, 1.82) is 0 Å². The summed E-state index contributed by atoms with van der Waals surface area (Å²) < 4.78 is 12.5. The van der Waals surface area contributed by atoms with E-state index in [-0.39, 0.29) is 6.61 Å². The number of hydrogen-bond donors (Lipinski definition) is 1. The Balaban J connectivity index is 2.08. The third-order valence-corrected chi connectivity index (χ3v) is 2.59. The fourth-order valence-corrected chi connectivity index (χ4v) is 1.65. The van der Waals surface area contributed by atoms with Crippen molar-refractivity contribution in [2.45, 2.75) is 13.2 Å². The molecule has 96 valence electrons. The van der Waals surface area contributed by atoms with Crippen LogP contribution < -0.4 is 9.47 Å². The highest BCUT2D eigenvalue weighted by atomic mass is 16.5. The lowest BCUT2D eigenvalue weighted by Crippen LogP contribution is -1.98. The van der Waals surface area contributed by atoms with Crippen molar-refractivity contribution in [1.82, 2.24) is 9.78 Å². The van der Waals surface area contributed by atoms with Gasteiger partial charge in [0.05, 0.1) is 19.9 Å². The highest BCUT2D eigenvalue weighted by Gasteiger charge is 2.06. The summed E-state index contributed by atoms with van der Waals surface area (Å²) in [5.74, 6) is 1.36. The van der Waals surface area contributed by atoms with E-state index in [2.05, 4.69) is 5.10 Å². The summed E-state index contributed by atoms with van der Waals surface area (Å²) in [6.07, 6.45) is 3.64. The molecule has 0 atom stereocenters. The van der Waals surface area contributed by atoms with E-state index in [4.69, 9.17) is 9.47 Å². The van der Waals surface area contributed by atoms with Crippen molar-refractivity contribution in [2.24, 2.45) is 7.05 Å². The van der Waals surface area contributed by atoms with Gasteiger partial charge < -0.3 is 14.6 Å². The Morgan fingerprint density at radius 3 is 2.83 bits per heavy atom. The summed E-state index contributed by atoms with van der Waals surface area (Å²) in [4.78, 5) is 0. The third-order valence-electron chi connectivity index (χ3n) is 2.59. The summed E-state index contributed by atoms with van der Waals surface area (Å²) >= 11 is 0. The average Bonchev–Trinajstić information content (AvgIpc) is 2.82. The van der Waals surface area contributed by atoms with Crippen LogP contribution in [0.5, 0.6) is 11.5 Å². The van der Waals surface area contributed by atoms with Crippen LogP contribution in [0, 0.1) is 0 Å². The topological polar surface area (TPSA) is 56.5 Å². The number of aliphatic hydroxyl groups is 1. The fraction of sp³-hybridized carbons (Fsp3) is 0.308. The van der Waals surface area contributed by atoms with Crippen LogP contribution in [0.3, 0.4) is 0 Å². The number of methoxy groups -OCH3 is 1. The zero-order chi connectivity index (χ0) is 13.0. The van der Waals surface area contributed by atoms with E-state index < -0.39 is 0 Å². The molecule has 1 aromatic heterocycles. The van der Waals surface area contributed by atoms with Gasteiger partial charge in [-0.3, -0.25) is 4.68 Å². The minimum absolute atomic E-state index is 0.0838. The highest BCUT2D eigenvalue weighted by Crippen LogP contribution is 2.24. The van der Waals surface area contributed by atoms with Gasteiger partial charge in [0.2, 0.25) is 0 Å². The number of rotatable bonds is 5. The predicted octanol–water partition coefficient (Wildman–Crippen LogP) is 1.50. The molecule has 18 heavy (non-hydrogen) atoms. The number of benzene rings is 1. The van der Waals surface area contributed by atoms with Gasteiger partial charge in [0.1, 0.15) is 18.1 Å². The molecule has 5 heteroatoms. The lowest BCUT2D eigenvalue weighted by atomic mass is 10.2. The Kier molecular flexibility index (Phi) is 3.84. The van der Waals surface area contributed by atoms with Crippen LogP contribution >= 0.6 is 0 Å². The Morgan fingerprint density at radius 1 is 1.39 bits per heavy atom. The molecule has 1 aromatic carbocycles. The summed E-state index contributed by atoms with van der Waals surface area (Å²) in [6.45, 7) is 0.340. The van der Waals surface area contributed by atoms with Gasteiger partial charge in [-0.25, -0.2) is 0 Å². The van der Waals surface area contributed by atoms with E-state index in [0.29, 0.717) is 23.7 Å². The SMILES string of the molecule is COc1ccc(OCc2cnn(C)c2)c(CO)c1. The molecule has 0 aliphatic rings. The van der Waals surface area contributed by atoms with Crippen LogP contribution in [0.1, 0.15) is 11.1 Å². The Labute approximate surface area is 106 Å². The molecule has 0 radical (unpaired) electrons. The predicted molar refractivity (Wildman–Crippen MR) is 66.5 cm³/mol. The second kappa shape index (κ2) is 5.55. The first-order valence-electron chi connectivity index (χ1n) is 5.61.